The standard InChI is InChI=1S/C6H11NO/c1-2-6-5-7-3-4-8-6/h2,6-7H,1,3-5H2/t6-/m1/s1. The molecule has 1 saturated heterocycles. The Hall–Kier alpha value is -0.340. The summed E-state index contributed by atoms with van der Waals surface area (Å²) in [6.45, 7) is 6.33. The van der Waals surface area contributed by atoms with Crippen LogP contribution in [0.5, 0.6) is 0 Å². The molecule has 1 aliphatic heterocycles. The molecule has 46 valence electrons. The minimum absolute atomic E-state index is 0.240. The molecule has 1 fully saturated rings. The van der Waals surface area contributed by atoms with Gasteiger partial charge in [-0.05, 0) is 0 Å². The lowest BCUT2D eigenvalue weighted by molar-refractivity contribution is 0.0594. The van der Waals surface area contributed by atoms with Gasteiger partial charge in [0.2, 0.25) is 0 Å². The number of ether oxygens (including phenoxy) is 1. The molecule has 0 aromatic rings. The molecule has 1 heterocycles. The smallest absolute Gasteiger partial charge is 0.0878 e. The maximum atomic E-state index is 5.25. The number of nitrogens with one attached hydrogen (secondary N) is 1. The molecule has 1 atom stereocenters. The minimum Gasteiger partial charge on any atom is -0.372 e. The second kappa shape index (κ2) is 2.84. The molecule has 0 saturated carbocycles. The molecule has 1 N–H and O–H groups in total. The maximum absolute atomic E-state index is 5.25. The molecule has 0 aliphatic carbocycles. The van der Waals surface area contributed by atoms with Gasteiger partial charge in [0.25, 0.3) is 0 Å². The van der Waals surface area contributed by atoms with Crippen LogP contribution in [-0.4, -0.2) is 25.8 Å². The van der Waals surface area contributed by atoms with Gasteiger partial charge in [0, 0.05) is 13.1 Å². The van der Waals surface area contributed by atoms with Gasteiger partial charge in [-0.1, -0.05) is 6.08 Å². The maximum Gasteiger partial charge on any atom is 0.0878 e. The fourth-order valence-electron chi connectivity index (χ4n) is 0.737. The largest absolute Gasteiger partial charge is 0.372 e. The van der Waals surface area contributed by atoms with Crippen molar-refractivity contribution in [2.75, 3.05) is 19.7 Å². The summed E-state index contributed by atoms with van der Waals surface area (Å²) >= 11 is 0. The molecule has 1 aliphatic rings. The quantitative estimate of drug-likeness (QED) is 0.489. The van der Waals surface area contributed by atoms with Crippen molar-refractivity contribution in [3.63, 3.8) is 0 Å². The monoisotopic (exact) mass is 113 g/mol. The first-order chi connectivity index (χ1) is 3.93. The van der Waals surface area contributed by atoms with E-state index in [0.717, 1.165) is 19.7 Å². The van der Waals surface area contributed by atoms with Crippen LogP contribution < -0.4 is 5.32 Å². The molecule has 0 radical (unpaired) electrons. The van der Waals surface area contributed by atoms with E-state index in [1.807, 2.05) is 6.08 Å². The lowest BCUT2D eigenvalue weighted by atomic mass is 10.3. The van der Waals surface area contributed by atoms with E-state index < -0.39 is 0 Å². The summed E-state index contributed by atoms with van der Waals surface area (Å²) in [7, 11) is 0. The molecule has 0 amide bonds. The summed E-state index contributed by atoms with van der Waals surface area (Å²) in [6, 6.07) is 0. The van der Waals surface area contributed by atoms with Crippen molar-refractivity contribution in [2.24, 2.45) is 0 Å². The van der Waals surface area contributed by atoms with E-state index in [9.17, 15) is 0 Å². The highest BCUT2D eigenvalue weighted by molar-refractivity contribution is 4.83. The molecule has 0 spiro atoms. The van der Waals surface area contributed by atoms with E-state index in [4.69, 9.17) is 4.74 Å². The zero-order valence-electron chi connectivity index (χ0n) is 4.89. The second-order valence-corrected chi connectivity index (χ2v) is 1.85. The molecule has 0 aromatic carbocycles. The fourth-order valence-corrected chi connectivity index (χ4v) is 0.737. The van der Waals surface area contributed by atoms with Crippen LogP contribution in [0.2, 0.25) is 0 Å². The fraction of sp³-hybridized carbons (Fsp3) is 0.667. The molecular weight excluding hydrogens is 102 g/mol. The van der Waals surface area contributed by atoms with Gasteiger partial charge >= 0.3 is 0 Å². The Bertz CT molecular complexity index is 76.6. The highest BCUT2D eigenvalue weighted by atomic mass is 16.5. The van der Waals surface area contributed by atoms with E-state index in [0.29, 0.717) is 0 Å². The van der Waals surface area contributed by atoms with Crippen molar-refractivity contribution in [2.45, 2.75) is 6.10 Å². The van der Waals surface area contributed by atoms with Gasteiger partial charge < -0.3 is 10.1 Å². The van der Waals surface area contributed by atoms with Crippen LogP contribution in [0.4, 0.5) is 0 Å². The van der Waals surface area contributed by atoms with Crippen molar-refractivity contribution in [3.8, 4) is 0 Å². The molecular formula is C6H11NO. The Balaban J connectivity index is 2.22. The third-order valence-electron chi connectivity index (χ3n) is 1.22. The second-order valence-electron chi connectivity index (χ2n) is 1.85. The van der Waals surface area contributed by atoms with Crippen LogP contribution in [0.15, 0.2) is 12.7 Å². The summed E-state index contributed by atoms with van der Waals surface area (Å²) in [4.78, 5) is 0. The average molecular weight is 113 g/mol. The van der Waals surface area contributed by atoms with E-state index in [-0.39, 0.29) is 6.10 Å². The van der Waals surface area contributed by atoms with Gasteiger partial charge in [-0.3, -0.25) is 0 Å². The number of morpholine rings is 1. The molecule has 2 heteroatoms. The van der Waals surface area contributed by atoms with Crippen LogP contribution in [-0.2, 0) is 4.74 Å². The Kier molecular flexibility index (Phi) is 2.06. The van der Waals surface area contributed by atoms with Crippen molar-refractivity contribution < 1.29 is 4.74 Å². The van der Waals surface area contributed by atoms with Crippen LogP contribution >= 0.6 is 0 Å². The number of hydrogen-bond acceptors (Lipinski definition) is 2. The van der Waals surface area contributed by atoms with Gasteiger partial charge in [-0.2, -0.15) is 0 Å². The Morgan fingerprint density at radius 2 is 2.62 bits per heavy atom. The summed E-state index contributed by atoms with van der Waals surface area (Å²) in [5, 5.41) is 3.19. The summed E-state index contributed by atoms with van der Waals surface area (Å²) < 4.78 is 5.25. The van der Waals surface area contributed by atoms with Gasteiger partial charge in [0.05, 0.1) is 12.7 Å². The predicted octanol–water partition coefficient (Wildman–Crippen LogP) is 0.161. The van der Waals surface area contributed by atoms with E-state index in [1.165, 1.54) is 0 Å². The van der Waals surface area contributed by atoms with Gasteiger partial charge in [0.15, 0.2) is 0 Å². The highest BCUT2D eigenvalue weighted by Crippen LogP contribution is 1.94. The molecule has 0 aromatic heterocycles. The minimum atomic E-state index is 0.240. The molecule has 2 nitrogen and oxygen atoms in total. The van der Waals surface area contributed by atoms with Crippen LogP contribution in [0, 0.1) is 0 Å². The Morgan fingerprint density at radius 3 is 3.00 bits per heavy atom. The topological polar surface area (TPSA) is 21.3 Å². The van der Waals surface area contributed by atoms with E-state index in [1.54, 1.807) is 0 Å². The van der Waals surface area contributed by atoms with Gasteiger partial charge in [-0.15, -0.1) is 6.58 Å². The lowest BCUT2D eigenvalue weighted by Crippen LogP contribution is -2.37. The van der Waals surface area contributed by atoms with Crippen LogP contribution in [0.1, 0.15) is 0 Å². The number of rotatable bonds is 1. The van der Waals surface area contributed by atoms with Crippen LogP contribution in [0.3, 0.4) is 0 Å². The van der Waals surface area contributed by atoms with Crippen molar-refractivity contribution in [1.82, 2.24) is 5.32 Å². The van der Waals surface area contributed by atoms with Gasteiger partial charge in [-0.25, -0.2) is 0 Å². The molecule has 0 unspecified atom stereocenters. The third-order valence-corrected chi connectivity index (χ3v) is 1.22. The summed E-state index contributed by atoms with van der Waals surface area (Å²) in [5.74, 6) is 0. The third kappa shape index (κ3) is 1.32. The van der Waals surface area contributed by atoms with Crippen molar-refractivity contribution in [1.29, 1.82) is 0 Å². The predicted molar refractivity (Wildman–Crippen MR) is 32.8 cm³/mol. The van der Waals surface area contributed by atoms with E-state index in [2.05, 4.69) is 11.9 Å². The first-order valence-electron chi connectivity index (χ1n) is 2.88. The van der Waals surface area contributed by atoms with Crippen LogP contribution in [0.25, 0.3) is 0 Å². The number of hydrogen-bond donors (Lipinski definition) is 1. The lowest BCUT2D eigenvalue weighted by Gasteiger charge is -2.19. The Labute approximate surface area is 49.5 Å². The van der Waals surface area contributed by atoms with Crippen molar-refractivity contribution >= 4 is 0 Å². The Morgan fingerprint density at radius 1 is 1.75 bits per heavy atom. The summed E-state index contributed by atoms with van der Waals surface area (Å²) in [6.07, 6.45) is 2.07. The highest BCUT2D eigenvalue weighted by Gasteiger charge is 2.06. The molecule has 1 rings (SSSR count). The first kappa shape index (κ1) is 5.79. The zero-order valence-corrected chi connectivity index (χ0v) is 4.89. The summed E-state index contributed by atoms with van der Waals surface area (Å²) in [5.41, 5.74) is 0. The average Bonchev–Trinajstić information content (AvgIpc) is 1.90. The molecule has 0 bridgehead atoms. The van der Waals surface area contributed by atoms with E-state index >= 15 is 0 Å². The normalized spacial score (nSPS) is 29.8. The SMILES string of the molecule is C=C[C@@H]1CNCCO1. The van der Waals surface area contributed by atoms with Crippen molar-refractivity contribution in [3.05, 3.63) is 12.7 Å². The van der Waals surface area contributed by atoms with Gasteiger partial charge in [0.1, 0.15) is 0 Å². The zero-order chi connectivity index (χ0) is 5.82. The molecule has 8 heavy (non-hydrogen) atoms. The first-order valence-corrected chi connectivity index (χ1v) is 2.88.